The lowest BCUT2D eigenvalue weighted by Gasteiger charge is -2.02. The highest BCUT2D eigenvalue weighted by atomic mass is 16.5. The Labute approximate surface area is 95.4 Å². The number of carbonyl (C=O) groups is 2. The Morgan fingerprint density at radius 2 is 2.18 bits per heavy atom. The second-order valence-corrected chi connectivity index (χ2v) is 3.31. The van der Waals surface area contributed by atoms with Gasteiger partial charge in [-0.25, -0.2) is 9.78 Å². The molecule has 0 aliphatic carbocycles. The van der Waals surface area contributed by atoms with Crippen molar-refractivity contribution in [2.75, 3.05) is 7.11 Å². The Balaban J connectivity index is 2.78. The van der Waals surface area contributed by atoms with Crippen molar-refractivity contribution >= 4 is 17.5 Å². The predicted octanol–water partition coefficient (Wildman–Crippen LogP) is -0.682. The third-order valence-corrected chi connectivity index (χ3v) is 2.13. The zero-order valence-electron chi connectivity index (χ0n) is 9.17. The average molecular weight is 235 g/mol. The van der Waals surface area contributed by atoms with Crippen LogP contribution in [0.25, 0.3) is 5.65 Å². The van der Waals surface area contributed by atoms with E-state index in [0.717, 1.165) is 4.52 Å². The lowest BCUT2D eigenvalue weighted by Crippen LogP contribution is -2.14. The van der Waals surface area contributed by atoms with Gasteiger partial charge in [-0.05, 0) is 13.0 Å². The van der Waals surface area contributed by atoms with Crippen molar-refractivity contribution in [3.05, 3.63) is 23.1 Å². The molecule has 8 heteroatoms. The predicted molar refractivity (Wildman–Crippen MR) is 55.4 cm³/mol. The first-order valence-electron chi connectivity index (χ1n) is 4.65. The molecule has 0 aliphatic rings. The van der Waals surface area contributed by atoms with E-state index in [1.807, 2.05) is 0 Å². The van der Waals surface area contributed by atoms with E-state index in [1.54, 1.807) is 6.92 Å². The number of primary amides is 1. The molecule has 0 spiro atoms. The molecule has 2 aromatic rings. The summed E-state index contributed by atoms with van der Waals surface area (Å²) in [7, 11) is 1.25. The van der Waals surface area contributed by atoms with Crippen molar-refractivity contribution in [1.29, 1.82) is 0 Å². The number of methoxy groups -OCH3 is 1. The number of nitrogens with zero attached hydrogens (tertiary/aromatic N) is 4. The Kier molecular flexibility index (Phi) is 2.47. The number of fused-ring (bicyclic) bond motifs is 1. The summed E-state index contributed by atoms with van der Waals surface area (Å²) < 4.78 is 5.72. The summed E-state index contributed by atoms with van der Waals surface area (Å²) in [4.78, 5) is 26.7. The molecule has 2 rings (SSSR count). The smallest absolute Gasteiger partial charge is 0.356 e. The van der Waals surface area contributed by atoms with E-state index in [0.29, 0.717) is 5.69 Å². The number of hydrogen-bond acceptors (Lipinski definition) is 6. The summed E-state index contributed by atoms with van der Waals surface area (Å²) in [5, 5.41) is 7.23. The fourth-order valence-electron chi connectivity index (χ4n) is 1.41. The van der Waals surface area contributed by atoms with Gasteiger partial charge in [-0.1, -0.05) is 5.21 Å². The van der Waals surface area contributed by atoms with Crippen LogP contribution in [0.1, 0.15) is 26.7 Å². The molecule has 2 aromatic heterocycles. The normalized spacial score (nSPS) is 10.5. The van der Waals surface area contributed by atoms with E-state index in [4.69, 9.17) is 5.73 Å². The van der Waals surface area contributed by atoms with Crippen molar-refractivity contribution in [3.8, 4) is 0 Å². The molecule has 0 atom stereocenters. The first kappa shape index (κ1) is 11.0. The maximum absolute atomic E-state index is 11.5. The first-order valence-corrected chi connectivity index (χ1v) is 4.65. The van der Waals surface area contributed by atoms with Gasteiger partial charge < -0.3 is 10.5 Å². The quantitative estimate of drug-likeness (QED) is 0.690. The molecule has 1 amide bonds. The lowest BCUT2D eigenvalue weighted by molar-refractivity contribution is 0.0590. The molecule has 88 valence electrons. The maximum atomic E-state index is 11.5. The highest BCUT2D eigenvalue weighted by Gasteiger charge is 2.19. The number of nitrogens with two attached hydrogens (primary N) is 1. The van der Waals surface area contributed by atoms with Crippen molar-refractivity contribution < 1.29 is 14.3 Å². The van der Waals surface area contributed by atoms with E-state index in [2.05, 4.69) is 20.0 Å². The fourth-order valence-corrected chi connectivity index (χ4v) is 1.41. The van der Waals surface area contributed by atoms with Crippen molar-refractivity contribution in [2.45, 2.75) is 6.92 Å². The van der Waals surface area contributed by atoms with Gasteiger partial charge in [0.05, 0.1) is 7.11 Å². The van der Waals surface area contributed by atoms with E-state index in [1.165, 1.54) is 13.2 Å². The minimum atomic E-state index is -0.756. The minimum absolute atomic E-state index is 0.0844. The molecule has 0 aromatic carbocycles. The Bertz CT molecular complexity index is 618. The van der Waals surface area contributed by atoms with Gasteiger partial charge in [0.2, 0.25) is 0 Å². The van der Waals surface area contributed by atoms with Crippen LogP contribution in [-0.2, 0) is 4.74 Å². The Hall–Kier alpha value is -2.51. The van der Waals surface area contributed by atoms with Gasteiger partial charge in [0.15, 0.2) is 17.0 Å². The topological polar surface area (TPSA) is 112 Å². The van der Waals surface area contributed by atoms with Gasteiger partial charge in [0, 0.05) is 5.69 Å². The van der Waals surface area contributed by atoms with Crippen LogP contribution in [0.5, 0.6) is 0 Å². The molecule has 0 fully saturated rings. The van der Waals surface area contributed by atoms with Crippen LogP contribution in [0.15, 0.2) is 6.07 Å². The van der Waals surface area contributed by atoms with E-state index in [-0.39, 0.29) is 17.0 Å². The second-order valence-electron chi connectivity index (χ2n) is 3.31. The molecule has 2 heterocycles. The summed E-state index contributed by atoms with van der Waals surface area (Å²) in [6.45, 7) is 1.67. The Morgan fingerprint density at radius 1 is 1.47 bits per heavy atom. The van der Waals surface area contributed by atoms with Crippen LogP contribution in [0.3, 0.4) is 0 Å². The van der Waals surface area contributed by atoms with Gasteiger partial charge >= 0.3 is 5.97 Å². The molecule has 2 N–H and O–H groups in total. The SMILES string of the molecule is COC(=O)c1cc(C)nc2c(C(N)=O)nnn12. The summed E-state index contributed by atoms with van der Waals surface area (Å²) in [5.74, 6) is -1.35. The van der Waals surface area contributed by atoms with Crippen LogP contribution < -0.4 is 5.73 Å². The fraction of sp³-hybridized carbons (Fsp3) is 0.222. The number of aromatic nitrogens is 4. The van der Waals surface area contributed by atoms with Crippen LogP contribution in [0.2, 0.25) is 0 Å². The van der Waals surface area contributed by atoms with Crippen molar-refractivity contribution in [2.24, 2.45) is 5.73 Å². The maximum Gasteiger partial charge on any atom is 0.356 e. The summed E-state index contributed by atoms with van der Waals surface area (Å²) in [6, 6.07) is 1.48. The van der Waals surface area contributed by atoms with Gasteiger partial charge in [-0.15, -0.1) is 5.10 Å². The number of carbonyl (C=O) groups excluding carboxylic acids is 2. The van der Waals surface area contributed by atoms with Crippen molar-refractivity contribution in [1.82, 2.24) is 19.8 Å². The average Bonchev–Trinajstić information content (AvgIpc) is 2.70. The third kappa shape index (κ3) is 1.69. The number of esters is 1. The van der Waals surface area contributed by atoms with Crippen molar-refractivity contribution in [3.63, 3.8) is 0 Å². The molecule has 0 saturated carbocycles. The van der Waals surface area contributed by atoms with E-state index < -0.39 is 11.9 Å². The highest BCUT2D eigenvalue weighted by Crippen LogP contribution is 2.10. The highest BCUT2D eigenvalue weighted by molar-refractivity contribution is 5.97. The molecular weight excluding hydrogens is 226 g/mol. The molecule has 0 radical (unpaired) electrons. The van der Waals surface area contributed by atoms with E-state index >= 15 is 0 Å². The lowest BCUT2D eigenvalue weighted by atomic mass is 10.3. The van der Waals surface area contributed by atoms with E-state index in [9.17, 15) is 9.59 Å². The largest absolute Gasteiger partial charge is 0.464 e. The molecule has 8 nitrogen and oxygen atoms in total. The number of rotatable bonds is 2. The molecule has 0 saturated heterocycles. The number of hydrogen-bond donors (Lipinski definition) is 1. The van der Waals surface area contributed by atoms with Gasteiger partial charge in [-0.2, -0.15) is 4.52 Å². The summed E-state index contributed by atoms with van der Waals surface area (Å²) in [6.07, 6.45) is 0. The number of ether oxygens (including phenoxy) is 1. The summed E-state index contributed by atoms with van der Waals surface area (Å²) in [5.41, 5.74) is 5.84. The van der Waals surface area contributed by atoms with Gasteiger partial charge in [0.25, 0.3) is 5.91 Å². The molecule has 0 bridgehead atoms. The summed E-state index contributed by atoms with van der Waals surface area (Å²) >= 11 is 0. The standard InChI is InChI=1S/C9H9N5O3/c1-4-3-5(9(16)17-2)14-8(11-4)6(7(10)15)12-13-14/h3H,1-2H3,(H2,10,15). The van der Waals surface area contributed by atoms with Gasteiger partial charge in [-0.3, -0.25) is 4.79 Å². The Morgan fingerprint density at radius 3 is 2.76 bits per heavy atom. The van der Waals surface area contributed by atoms with Crippen LogP contribution in [-0.4, -0.2) is 38.8 Å². The van der Waals surface area contributed by atoms with Gasteiger partial charge in [0.1, 0.15) is 0 Å². The van der Waals surface area contributed by atoms with Crippen LogP contribution in [0.4, 0.5) is 0 Å². The third-order valence-electron chi connectivity index (χ3n) is 2.13. The minimum Gasteiger partial charge on any atom is -0.464 e. The zero-order chi connectivity index (χ0) is 12.6. The number of aryl methyl sites for hydroxylation is 1. The monoisotopic (exact) mass is 235 g/mol. The second kappa shape index (κ2) is 3.81. The molecule has 17 heavy (non-hydrogen) atoms. The van der Waals surface area contributed by atoms with Crippen LogP contribution in [0, 0.1) is 6.92 Å². The van der Waals surface area contributed by atoms with Crippen LogP contribution >= 0.6 is 0 Å². The molecule has 0 unspecified atom stereocenters. The molecular formula is C9H9N5O3. The molecule has 0 aliphatic heterocycles. The first-order chi connectivity index (χ1) is 8.04. The number of amides is 1. The zero-order valence-corrected chi connectivity index (χ0v) is 9.17.